The molecule has 0 spiro atoms. The number of hydrogen-bond donors (Lipinski definition) is 1. The molecule has 1 N–H and O–H groups in total. The first-order valence-electron chi connectivity index (χ1n) is 7.56. The van der Waals surface area contributed by atoms with Gasteiger partial charge in [0.25, 0.3) is 0 Å². The lowest BCUT2D eigenvalue weighted by Gasteiger charge is -2.17. The molecule has 4 nitrogen and oxygen atoms in total. The molecule has 0 saturated heterocycles. The van der Waals surface area contributed by atoms with E-state index in [4.69, 9.17) is 9.47 Å². The Morgan fingerprint density at radius 1 is 1.29 bits per heavy atom. The molecule has 0 bridgehead atoms. The van der Waals surface area contributed by atoms with Crippen LogP contribution >= 0.6 is 15.9 Å². The number of halogens is 1. The van der Waals surface area contributed by atoms with Crippen LogP contribution in [0.3, 0.4) is 0 Å². The first-order valence-corrected chi connectivity index (χ1v) is 8.35. The maximum Gasteiger partial charge on any atom is 0.175 e. The number of benzene rings is 1. The van der Waals surface area contributed by atoms with E-state index < -0.39 is 0 Å². The monoisotopic (exact) mass is 356 g/mol. The molecule has 0 amide bonds. The largest absolute Gasteiger partial charge is 0.490 e. The average Bonchev–Trinajstić information content (AvgIpc) is 3.23. The molecule has 1 aromatic rings. The molecule has 5 heteroatoms. The van der Waals surface area contributed by atoms with E-state index in [1.807, 2.05) is 21.0 Å². The summed E-state index contributed by atoms with van der Waals surface area (Å²) in [6.07, 6.45) is 2.59. The zero-order valence-electron chi connectivity index (χ0n) is 13.1. The summed E-state index contributed by atoms with van der Waals surface area (Å²) >= 11 is 3.61. The van der Waals surface area contributed by atoms with Crippen LogP contribution in [0.5, 0.6) is 11.5 Å². The Bertz CT molecular complexity index is 462. The molecule has 2 rings (SSSR count). The van der Waals surface area contributed by atoms with E-state index in [1.165, 1.54) is 18.4 Å². The van der Waals surface area contributed by atoms with Crippen molar-refractivity contribution in [1.82, 2.24) is 10.2 Å². The Hall–Kier alpha value is -0.780. The summed E-state index contributed by atoms with van der Waals surface area (Å²) in [5.41, 5.74) is 1.22. The zero-order valence-corrected chi connectivity index (χ0v) is 14.7. The van der Waals surface area contributed by atoms with Crippen molar-refractivity contribution in [2.24, 2.45) is 0 Å². The van der Waals surface area contributed by atoms with Crippen LogP contribution in [0, 0.1) is 0 Å². The summed E-state index contributed by atoms with van der Waals surface area (Å²) in [7, 11) is 4.07. The van der Waals surface area contributed by atoms with Crippen LogP contribution in [0.2, 0.25) is 0 Å². The summed E-state index contributed by atoms with van der Waals surface area (Å²) in [5.74, 6) is 1.62. The molecule has 1 aliphatic rings. The van der Waals surface area contributed by atoms with Gasteiger partial charge >= 0.3 is 0 Å². The van der Waals surface area contributed by atoms with E-state index in [2.05, 4.69) is 38.3 Å². The normalized spacial score (nSPS) is 14.5. The fraction of sp³-hybridized carbons (Fsp3) is 0.625. The van der Waals surface area contributed by atoms with Gasteiger partial charge in [0.05, 0.1) is 11.1 Å². The first kappa shape index (κ1) is 16.6. The number of hydrogen-bond acceptors (Lipinski definition) is 4. The van der Waals surface area contributed by atoms with Gasteiger partial charge in [-0.25, -0.2) is 0 Å². The van der Waals surface area contributed by atoms with Crippen LogP contribution in [0.15, 0.2) is 16.6 Å². The lowest BCUT2D eigenvalue weighted by molar-refractivity contribution is 0.242. The minimum atomic E-state index is 0.635. The van der Waals surface area contributed by atoms with E-state index in [9.17, 15) is 0 Å². The van der Waals surface area contributed by atoms with E-state index >= 15 is 0 Å². The molecule has 1 saturated carbocycles. The van der Waals surface area contributed by atoms with Crippen molar-refractivity contribution in [1.29, 1.82) is 0 Å². The van der Waals surface area contributed by atoms with Gasteiger partial charge in [0.2, 0.25) is 0 Å². The Morgan fingerprint density at radius 2 is 2.05 bits per heavy atom. The third kappa shape index (κ3) is 5.49. The maximum atomic E-state index is 5.89. The Balaban J connectivity index is 2.05. The van der Waals surface area contributed by atoms with Gasteiger partial charge in [-0.15, -0.1) is 0 Å². The molecule has 0 aromatic heterocycles. The quantitative estimate of drug-likeness (QED) is 0.737. The fourth-order valence-electron chi connectivity index (χ4n) is 2.01. The van der Waals surface area contributed by atoms with Gasteiger partial charge in [-0.05, 0) is 67.5 Å². The molecular weight excluding hydrogens is 332 g/mol. The first-order chi connectivity index (χ1) is 10.1. The Kier molecular flexibility index (Phi) is 6.33. The second-order valence-electron chi connectivity index (χ2n) is 5.64. The second-order valence-corrected chi connectivity index (χ2v) is 6.50. The van der Waals surface area contributed by atoms with Gasteiger partial charge in [0.1, 0.15) is 6.61 Å². The van der Waals surface area contributed by atoms with Gasteiger partial charge in [0.15, 0.2) is 11.5 Å². The van der Waals surface area contributed by atoms with E-state index in [0.717, 1.165) is 29.1 Å². The summed E-state index contributed by atoms with van der Waals surface area (Å²) in [5, 5.41) is 3.52. The lowest BCUT2D eigenvalue weighted by atomic mass is 10.2. The van der Waals surface area contributed by atoms with E-state index in [1.54, 1.807) is 0 Å². The summed E-state index contributed by atoms with van der Waals surface area (Å²) < 4.78 is 12.6. The molecule has 0 unspecified atom stereocenters. The van der Waals surface area contributed by atoms with Crippen molar-refractivity contribution in [2.75, 3.05) is 33.9 Å². The molecule has 0 radical (unpaired) electrons. The van der Waals surface area contributed by atoms with Gasteiger partial charge in [-0.2, -0.15) is 0 Å². The van der Waals surface area contributed by atoms with Crippen LogP contribution in [-0.4, -0.2) is 44.8 Å². The second kappa shape index (κ2) is 8.01. The van der Waals surface area contributed by atoms with Crippen molar-refractivity contribution in [3.63, 3.8) is 0 Å². The average molecular weight is 357 g/mol. The van der Waals surface area contributed by atoms with Crippen LogP contribution in [0.1, 0.15) is 25.3 Å². The highest BCUT2D eigenvalue weighted by Crippen LogP contribution is 2.37. The topological polar surface area (TPSA) is 33.7 Å². The van der Waals surface area contributed by atoms with Crippen LogP contribution in [0.4, 0.5) is 0 Å². The third-order valence-corrected chi connectivity index (χ3v) is 3.92. The molecule has 1 aliphatic carbocycles. The number of likely N-dealkylation sites (N-methyl/N-ethyl adjacent to an activating group) is 1. The van der Waals surface area contributed by atoms with E-state index in [0.29, 0.717) is 19.3 Å². The number of nitrogens with one attached hydrogen (secondary N) is 1. The summed E-state index contributed by atoms with van der Waals surface area (Å²) in [6, 6.07) is 4.90. The maximum absolute atomic E-state index is 5.89. The van der Waals surface area contributed by atoms with Gasteiger partial charge < -0.3 is 19.7 Å². The minimum Gasteiger partial charge on any atom is -0.490 e. The molecule has 0 aliphatic heterocycles. The van der Waals surface area contributed by atoms with Crippen molar-refractivity contribution in [3.8, 4) is 11.5 Å². The molecule has 1 aromatic carbocycles. The summed E-state index contributed by atoms with van der Waals surface area (Å²) in [6.45, 7) is 5.03. The predicted molar refractivity (Wildman–Crippen MR) is 89.2 cm³/mol. The van der Waals surface area contributed by atoms with Crippen molar-refractivity contribution in [3.05, 3.63) is 22.2 Å². The highest BCUT2D eigenvalue weighted by molar-refractivity contribution is 9.10. The minimum absolute atomic E-state index is 0.635. The van der Waals surface area contributed by atoms with Crippen molar-refractivity contribution < 1.29 is 9.47 Å². The SMILES string of the molecule is CCOc1cc(CNC2CC2)cc(Br)c1OCCN(C)C. The van der Waals surface area contributed by atoms with Crippen LogP contribution in [0.25, 0.3) is 0 Å². The van der Waals surface area contributed by atoms with Gasteiger partial charge in [-0.1, -0.05) is 0 Å². The summed E-state index contributed by atoms with van der Waals surface area (Å²) in [4.78, 5) is 2.10. The molecule has 118 valence electrons. The standard InChI is InChI=1S/C16H25BrN2O2/c1-4-20-15-10-12(11-18-13-5-6-13)9-14(17)16(15)21-8-7-19(2)3/h9-10,13,18H,4-8,11H2,1-3H3. The number of rotatable bonds is 9. The molecule has 1 fully saturated rings. The predicted octanol–water partition coefficient (Wildman–Crippen LogP) is 3.04. The molecule has 0 atom stereocenters. The molecule has 21 heavy (non-hydrogen) atoms. The highest BCUT2D eigenvalue weighted by Gasteiger charge is 2.20. The van der Waals surface area contributed by atoms with Crippen LogP contribution < -0.4 is 14.8 Å². The smallest absolute Gasteiger partial charge is 0.175 e. The lowest BCUT2D eigenvalue weighted by Crippen LogP contribution is -2.20. The highest BCUT2D eigenvalue weighted by atomic mass is 79.9. The molecule has 0 heterocycles. The Morgan fingerprint density at radius 3 is 2.67 bits per heavy atom. The molecular formula is C16H25BrN2O2. The number of nitrogens with zero attached hydrogens (tertiary/aromatic N) is 1. The van der Waals surface area contributed by atoms with Crippen molar-refractivity contribution >= 4 is 15.9 Å². The van der Waals surface area contributed by atoms with Gasteiger partial charge in [-0.3, -0.25) is 0 Å². The van der Waals surface area contributed by atoms with E-state index in [-0.39, 0.29) is 0 Å². The van der Waals surface area contributed by atoms with Gasteiger partial charge in [0, 0.05) is 19.1 Å². The third-order valence-electron chi connectivity index (χ3n) is 3.33. The zero-order chi connectivity index (χ0) is 15.2. The fourth-order valence-corrected chi connectivity index (χ4v) is 2.61. The Labute approximate surface area is 135 Å². The van der Waals surface area contributed by atoms with Crippen molar-refractivity contribution in [2.45, 2.75) is 32.4 Å². The van der Waals surface area contributed by atoms with Crippen LogP contribution in [-0.2, 0) is 6.54 Å². The number of ether oxygens (including phenoxy) is 2.